The third-order valence-corrected chi connectivity index (χ3v) is 7.99. The number of likely N-dealkylation sites (tertiary alicyclic amines) is 1. The summed E-state index contributed by atoms with van der Waals surface area (Å²) >= 11 is 6.01. The van der Waals surface area contributed by atoms with Gasteiger partial charge in [0, 0.05) is 43.4 Å². The highest BCUT2D eigenvalue weighted by atomic mass is 35.5. The minimum Gasteiger partial charge on any atom is -0.474 e. The first-order chi connectivity index (χ1) is 20.6. The Bertz CT molecular complexity index is 1580. The van der Waals surface area contributed by atoms with Crippen LogP contribution in [0.3, 0.4) is 0 Å². The molecule has 0 aliphatic carbocycles. The first-order valence-electron chi connectivity index (χ1n) is 14.2. The van der Waals surface area contributed by atoms with Crippen LogP contribution >= 0.6 is 11.6 Å². The van der Waals surface area contributed by atoms with Crippen LogP contribution < -0.4 is 10.2 Å². The lowest BCUT2D eigenvalue weighted by Crippen LogP contribution is -2.39. The second kappa shape index (κ2) is 11.9. The summed E-state index contributed by atoms with van der Waals surface area (Å²) in [6.07, 6.45) is 4.16. The van der Waals surface area contributed by atoms with Gasteiger partial charge in [-0.15, -0.1) is 0 Å². The molecule has 2 atom stereocenters. The van der Waals surface area contributed by atoms with Gasteiger partial charge in [-0.25, -0.2) is 30.3 Å². The Morgan fingerprint density at radius 1 is 1.02 bits per heavy atom. The highest BCUT2D eigenvalue weighted by Crippen LogP contribution is 2.24. The van der Waals surface area contributed by atoms with E-state index in [0.29, 0.717) is 41.9 Å². The van der Waals surface area contributed by atoms with Gasteiger partial charge in [-0.1, -0.05) is 23.7 Å². The molecule has 3 aliphatic heterocycles. The van der Waals surface area contributed by atoms with Gasteiger partial charge >= 0.3 is 0 Å². The zero-order valence-electron chi connectivity index (χ0n) is 22.9. The summed E-state index contributed by atoms with van der Waals surface area (Å²) in [4.78, 5) is 30.2. The summed E-state index contributed by atoms with van der Waals surface area (Å²) in [6.45, 7) is 3.93. The van der Waals surface area contributed by atoms with Crippen molar-refractivity contribution in [3.8, 4) is 5.88 Å². The van der Waals surface area contributed by atoms with Crippen molar-refractivity contribution in [2.75, 3.05) is 19.7 Å². The Balaban J connectivity index is 1.01. The lowest BCUT2D eigenvalue weighted by Gasteiger charge is -2.32. The number of nitrogens with one attached hydrogen (secondary N) is 1. The minimum atomic E-state index is -1.24. The molecule has 218 valence electrons. The molecule has 3 aromatic heterocycles. The molecule has 0 saturated carbocycles. The molecule has 13 heteroatoms. The van der Waals surface area contributed by atoms with E-state index in [0.717, 1.165) is 67.3 Å². The maximum atomic E-state index is 9.59. The van der Waals surface area contributed by atoms with Crippen LogP contribution in [-0.4, -0.2) is 78.7 Å². The van der Waals surface area contributed by atoms with E-state index in [-0.39, 0.29) is 12.2 Å². The number of piperidine rings is 1. The molecule has 1 aromatic carbocycles. The van der Waals surface area contributed by atoms with Gasteiger partial charge in [0.2, 0.25) is 5.88 Å². The molecule has 0 amide bonds. The second-order valence-electron chi connectivity index (χ2n) is 10.7. The predicted octanol–water partition coefficient (Wildman–Crippen LogP) is 2.86. The molecule has 3 aliphatic rings. The number of aliphatic hydroxyl groups is 1. The minimum absolute atomic E-state index is 0.0863. The van der Waals surface area contributed by atoms with Crippen LogP contribution in [0.25, 0.3) is 11.2 Å². The SMILES string of the molecule is OC1N=C(c2ccc3nc(CN4CCC(Oc5ccnc(Cc6ccc(Cl)cc6)n5)CC4)n(CC4CCO4)c3n2)NO1. The number of aromatic nitrogens is 5. The zero-order chi connectivity index (χ0) is 28.5. The quantitative estimate of drug-likeness (QED) is 0.300. The number of amidine groups is 1. The Morgan fingerprint density at radius 3 is 2.60 bits per heavy atom. The Kier molecular flexibility index (Phi) is 7.70. The van der Waals surface area contributed by atoms with Crippen molar-refractivity contribution < 1.29 is 19.4 Å². The molecular formula is C29H31ClN8O4. The number of rotatable bonds is 9. The summed E-state index contributed by atoms with van der Waals surface area (Å²) < 4.78 is 14.2. The number of aliphatic hydroxyl groups excluding tert-OH is 1. The fourth-order valence-electron chi connectivity index (χ4n) is 5.39. The van der Waals surface area contributed by atoms with Crippen molar-refractivity contribution in [2.45, 2.75) is 57.4 Å². The van der Waals surface area contributed by atoms with E-state index in [1.54, 1.807) is 6.20 Å². The van der Waals surface area contributed by atoms with Gasteiger partial charge in [-0.05, 0) is 49.1 Å². The Labute approximate surface area is 247 Å². The lowest BCUT2D eigenvalue weighted by molar-refractivity contribution is -0.102. The number of fused-ring (bicyclic) bond motifs is 1. The van der Waals surface area contributed by atoms with Crippen LogP contribution in [0.2, 0.25) is 5.02 Å². The highest BCUT2D eigenvalue weighted by molar-refractivity contribution is 6.30. The first-order valence-corrected chi connectivity index (χ1v) is 14.5. The number of imidazole rings is 1. The number of benzene rings is 1. The fraction of sp³-hybridized carbons (Fsp3) is 0.414. The summed E-state index contributed by atoms with van der Waals surface area (Å²) in [7, 11) is 0. The van der Waals surface area contributed by atoms with Gasteiger partial charge in [-0.3, -0.25) is 4.90 Å². The molecule has 0 radical (unpaired) electrons. The molecule has 2 fully saturated rings. The van der Waals surface area contributed by atoms with Crippen LogP contribution in [0.15, 0.2) is 53.7 Å². The number of hydrogen-bond acceptors (Lipinski definition) is 11. The van der Waals surface area contributed by atoms with Crippen LogP contribution in [0.1, 0.15) is 42.2 Å². The van der Waals surface area contributed by atoms with Crippen LogP contribution in [-0.2, 0) is 29.1 Å². The fourth-order valence-corrected chi connectivity index (χ4v) is 5.51. The Morgan fingerprint density at radius 2 is 1.86 bits per heavy atom. The summed E-state index contributed by atoms with van der Waals surface area (Å²) in [5.41, 5.74) is 5.89. The van der Waals surface area contributed by atoms with Gasteiger partial charge in [-0.2, -0.15) is 4.98 Å². The average Bonchev–Trinajstić information content (AvgIpc) is 3.56. The van der Waals surface area contributed by atoms with Crippen molar-refractivity contribution in [1.82, 2.24) is 34.9 Å². The zero-order valence-corrected chi connectivity index (χ0v) is 23.7. The van der Waals surface area contributed by atoms with Crippen molar-refractivity contribution in [1.29, 1.82) is 0 Å². The summed E-state index contributed by atoms with van der Waals surface area (Å²) in [5.74, 6) is 2.67. The van der Waals surface area contributed by atoms with Gasteiger partial charge in [0.1, 0.15) is 29.0 Å². The van der Waals surface area contributed by atoms with Gasteiger partial charge in [0.05, 0.1) is 19.2 Å². The number of hydroxylamine groups is 1. The molecule has 0 spiro atoms. The molecule has 2 unspecified atom stereocenters. The van der Waals surface area contributed by atoms with Crippen molar-refractivity contribution >= 4 is 28.6 Å². The van der Waals surface area contributed by atoms with E-state index in [1.165, 1.54) is 0 Å². The van der Waals surface area contributed by atoms with Gasteiger partial charge < -0.3 is 19.1 Å². The summed E-state index contributed by atoms with van der Waals surface area (Å²) in [5, 5.41) is 10.3. The third kappa shape index (κ3) is 6.08. The average molecular weight is 591 g/mol. The number of halogens is 1. The van der Waals surface area contributed by atoms with E-state index in [1.807, 2.05) is 42.5 Å². The van der Waals surface area contributed by atoms with E-state index in [4.69, 9.17) is 35.9 Å². The molecule has 42 heavy (non-hydrogen) atoms. The predicted molar refractivity (Wildman–Crippen MR) is 154 cm³/mol. The molecule has 0 bridgehead atoms. The molecule has 4 aromatic rings. The smallest absolute Gasteiger partial charge is 0.280 e. The monoisotopic (exact) mass is 590 g/mol. The normalized spacial score (nSPS) is 21.2. The van der Waals surface area contributed by atoms with Crippen LogP contribution in [0.5, 0.6) is 5.88 Å². The van der Waals surface area contributed by atoms with Crippen molar-refractivity contribution in [3.05, 3.63) is 76.6 Å². The molecule has 7 rings (SSSR count). The van der Waals surface area contributed by atoms with Gasteiger partial charge in [0.15, 0.2) is 11.5 Å². The Hall–Kier alpha value is -3.68. The number of hydrogen-bond donors (Lipinski definition) is 2. The standard InChI is InChI=1S/C29H31ClN8O4/c30-19-3-1-18(2-4-19)15-24-31-11-7-26(34-24)41-20-8-12-37(13-9-20)17-25-32-23-6-5-22(27-35-29(39)42-36-27)33-28(23)38(25)16-21-10-14-40-21/h1-7,11,20-21,29,39H,8-10,12-17H2,(H,35,36). The third-order valence-electron chi connectivity index (χ3n) is 7.74. The number of aliphatic imine (C=N–C) groups is 1. The maximum Gasteiger partial charge on any atom is 0.280 e. The van der Waals surface area contributed by atoms with Gasteiger partial charge in [0.25, 0.3) is 6.41 Å². The van der Waals surface area contributed by atoms with Crippen LogP contribution in [0.4, 0.5) is 0 Å². The van der Waals surface area contributed by atoms with Crippen molar-refractivity contribution in [3.63, 3.8) is 0 Å². The number of ether oxygens (including phenoxy) is 2. The number of nitrogens with zero attached hydrogens (tertiary/aromatic N) is 7. The van der Waals surface area contributed by atoms with E-state index in [9.17, 15) is 5.11 Å². The lowest BCUT2D eigenvalue weighted by atomic mass is 10.1. The number of pyridine rings is 1. The molecule has 2 saturated heterocycles. The first kappa shape index (κ1) is 27.2. The second-order valence-corrected chi connectivity index (χ2v) is 11.1. The molecule has 12 nitrogen and oxygen atoms in total. The summed E-state index contributed by atoms with van der Waals surface area (Å²) in [6, 6.07) is 13.3. The van der Waals surface area contributed by atoms with E-state index in [2.05, 4.69) is 29.9 Å². The van der Waals surface area contributed by atoms with Crippen molar-refractivity contribution in [2.24, 2.45) is 4.99 Å². The molecular weight excluding hydrogens is 560 g/mol. The topological polar surface area (TPSA) is 132 Å². The molecule has 2 N–H and O–H groups in total. The maximum absolute atomic E-state index is 9.59. The molecule has 6 heterocycles. The van der Waals surface area contributed by atoms with E-state index < -0.39 is 6.41 Å². The largest absolute Gasteiger partial charge is 0.474 e. The van der Waals surface area contributed by atoms with Crippen LogP contribution in [0, 0.1) is 0 Å². The van der Waals surface area contributed by atoms with E-state index >= 15 is 0 Å². The highest BCUT2D eigenvalue weighted by Gasteiger charge is 2.27.